The Kier molecular flexibility index (Phi) is 5.16. The van der Waals surface area contributed by atoms with E-state index in [1.165, 1.54) is 11.9 Å². The molecule has 0 saturated carbocycles. The van der Waals surface area contributed by atoms with Crippen LogP contribution in [0.3, 0.4) is 0 Å². The van der Waals surface area contributed by atoms with Crippen LogP contribution in [0.1, 0.15) is 49.4 Å². The number of nitrogens with one attached hydrogen (secondary N) is 2. The predicted octanol–water partition coefficient (Wildman–Crippen LogP) is 4.01. The minimum atomic E-state index is -0.328. The largest absolute Gasteiger partial charge is 0.348 e. The van der Waals surface area contributed by atoms with Gasteiger partial charge in [0.25, 0.3) is 5.91 Å². The molecule has 0 saturated heterocycles. The molecular formula is C23H25N5O. The van der Waals surface area contributed by atoms with Crippen molar-refractivity contribution >= 4 is 11.9 Å². The molecule has 1 amide bonds. The number of carbonyl (C=O) groups is 1. The van der Waals surface area contributed by atoms with Crippen molar-refractivity contribution in [2.45, 2.75) is 39.3 Å². The molecule has 0 fully saturated rings. The summed E-state index contributed by atoms with van der Waals surface area (Å²) in [5.74, 6) is 0.975. The lowest BCUT2D eigenvalue weighted by molar-refractivity contribution is -0.118. The average Bonchev–Trinajstić information content (AvgIpc) is 3.20. The molecule has 3 aromatic rings. The number of hydrogen-bond donors (Lipinski definition) is 2. The molecule has 148 valence electrons. The molecule has 0 unspecified atom stereocenters. The van der Waals surface area contributed by atoms with E-state index >= 15 is 0 Å². The summed E-state index contributed by atoms with van der Waals surface area (Å²) < 4.78 is 1.77. The highest BCUT2D eigenvalue weighted by Gasteiger charge is 2.33. The van der Waals surface area contributed by atoms with Gasteiger partial charge >= 0.3 is 0 Å². The minimum Gasteiger partial charge on any atom is -0.348 e. The summed E-state index contributed by atoms with van der Waals surface area (Å²) in [4.78, 5) is 17.5. The monoisotopic (exact) mass is 387 g/mol. The highest BCUT2D eigenvalue weighted by Crippen LogP contribution is 2.35. The number of nitrogens with zero attached hydrogens (tertiary/aromatic N) is 3. The van der Waals surface area contributed by atoms with Crippen molar-refractivity contribution in [2.24, 2.45) is 0 Å². The number of aromatic nitrogens is 3. The van der Waals surface area contributed by atoms with Crippen LogP contribution < -0.4 is 10.6 Å². The fourth-order valence-corrected chi connectivity index (χ4v) is 3.63. The van der Waals surface area contributed by atoms with E-state index in [1.54, 1.807) is 4.68 Å². The van der Waals surface area contributed by atoms with E-state index in [0.29, 0.717) is 24.0 Å². The van der Waals surface area contributed by atoms with Crippen LogP contribution in [0.25, 0.3) is 0 Å². The van der Waals surface area contributed by atoms with E-state index in [-0.39, 0.29) is 11.9 Å². The number of hydrogen-bond acceptors (Lipinski definition) is 4. The Morgan fingerprint density at radius 3 is 2.55 bits per heavy atom. The standard InChI is InChI=1S/C23H25N5O/c1-15(2)18-9-11-19(12-10-18)21-20(16(3)27-23-25-14-26-28(21)23)22(29)24-13-17-7-5-4-6-8-17/h4-12,14-15,21H,13H2,1-3H3,(H,24,29)(H,25,26,27)/t21-/m0/s1. The van der Waals surface area contributed by atoms with Gasteiger partial charge in [0, 0.05) is 12.2 Å². The minimum absolute atomic E-state index is 0.113. The highest BCUT2D eigenvalue weighted by atomic mass is 16.1. The molecule has 1 aliphatic rings. The second-order valence-electron chi connectivity index (χ2n) is 7.58. The van der Waals surface area contributed by atoms with Crippen LogP contribution in [-0.4, -0.2) is 20.7 Å². The van der Waals surface area contributed by atoms with E-state index in [2.05, 4.69) is 58.8 Å². The summed E-state index contributed by atoms with van der Waals surface area (Å²) in [6, 6.07) is 18.0. The van der Waals surface area contributed by atoms with E-state index in [0.717, 1.165) is 16.8 Å². The maximum atomic E-state index is 13.2. The van der Waals surface area contributed by atoms with Crippen LogP contribution in [0, 0.1) is 0 Å². The third-order valence-corrected chi connectivity index (χ3v) is 5.25. The van der Waals surface area contributed by atoms with E-state index in [9.17, 15) is 4.79 Å². The first kappa shape index (κ1) is 18.9. The number of carbonyl (C=O) groups excluding carboxylic acids is 1. The average molecular weight is 387 g/mol. The van der Waals surface area contributed by atoms with Crippen molar-refractivity contribution in [1.82, 2.24) is 20.1 Å². The zero-order valence-electron chi connectivity index (χ0n) is 16.9. The van der Waals surface area contributed by atoms with Crippen molar-refractivity contribution in [3.8, 4) is 0 Å². The first-order valence-electron chi connectivity index (χ1n) is 9.84. The molecule has 0 radical (unpaired) electrons. The summed E-state index contributed by atoms with van der Waals surface area (Å²) in [7, 11) is 0. The molecule has 4 rings (SSSR count). The zero-order chi connectivity index (χ0) is 20.4. The van der Waals surface area contributed by atoms with Gasteiger partial charge in [-0.15, -0.1) is 0 Å². The Hall–Kier alpha value is -3.41. The van der Waals surface area contributed by atoms with Gasteiger partial charge in [-0.25, -0.2) is 4.68 Å². The van der Waals surface area contributed by atoms with Gasteiger partial charge in [0.15, 0.2) is 0 Å². The molecule has 1 aliphatic heterocycles. The maximum absolute atomic E-state index is 13.2. The van der Waals surface area contributed by atoms with Crippen LogP contribution >= 0.6 is 0 Å². The quantitative estimate of drug-likeness (QED) is 0.694. The van der Waals surface area contributed by atoms with Gasteiger partial charge in [0.2, 0.25) is 5.95 Å². The molecule has 0 aliphatic carbocycles. The van der Waals surface area contributed by atoms with Gasteiger partial charge < -0.3 is 10.6 Å². The van der Waals surface area contributed by atoms with Crippen LogP contribution in [0.4, 0.5) is 5.95 Å². The molecule has 6 heteroatoms. The van der Waals surface area contributed by atoms with Crippen molar-refractivity contribution in [2.75, 3.05) is 5.32 Å². The lowest BCUT2D eigenvalue weighted by atomic mass is 9.93. The predicted molar refractivity (Wildman–Crippen MR) is 113 cm³/mol. The summed E-state index contributed by atoms with van der Waals surface area (Å²) in [6.07, 6.45) is 1.51. The first-order valence-corrected chi connectivity index (χ1v) is 9.84. The topological polar surface area (TPSA) is 71.8 Å². The molecule has 1 aromatic heterocycles. The van der Waals surface area contributed by atoms with Gasteiger partial charge in [-0.1, -0.05) is 68.4 Å². The van der Waals surface area contributed by atoms with Gasteiger partial charge in [-0.05, 0) is 29.5 Å². The Labute approximate surface area is 170 Å². The number of anilines is 1. The molecule has 0 spiro atoms. The normalized spacial score (nSPS) is 15.8. The van der Waals surface area contributed by atoms with Gasteiger partial charge in [0.1, 0.15) is 12.4 Å². The van der Waals surface area contributed by atoms with Crippen molar-refractivity contribution in [3.63, 3.8) is 0 Å². The summed E-state index contributed by atoms with van der Waals surface area (Å²) in [5, 5.41) is 10.6. The molecule has 1 atom stereocenters. The Morgan fingerprint density at radius 2 is 1.86 bits per heavy atom. The molecule has 6 nitrogen and oxygen atoms in total. The molecule has 2 aromatic carbocycles. The van der Waals surface area contributed by atoms with E-state index in [4.69, 9.17) is 0 Å². The smallest absolute Gasteiger partial charge is 0.251 e. The highest BCUT2D eigenvalue weighted by molar-refractivity contribution is 5.96. The SMILES string of the molecule is CC1=C(C(=O)NCc2ccccc2)[C@H](c2ccc(C(C)C)cc2)n2ncnc2N1. The van der Waals surface area contributed by atoms with Crippen LogP contribution in [0.2, 0.25) is 0 Å². The fraction of sp³-hybridized carbons (Fsp3) is 0.261. The Bertz CT molecular complexity index is 1030. The number of rotatable bonds is 5. The van der Waals surface area contributed by atoms with Crippen LogP contribution in [-0.2, 0) is 11.3 Å². The Morgan fingerprint density at radius 1 is 1.14 bits per heavy atom. The summed E-state index contributed by atoms with van der Waals surface area (Å²) in [5.41, 5.74) is 4.76. The number of allylic oxidation sites excluding steroid dienone is 1. The van der Waals surface area contributed by atoms with Crippen LogP contribution in [0.15, 0.2) is 72.2 Å². The van der Waals surface area contributed by atoms with Crippen molar-refractivity contribution in [3.05, 3.63) is 88.9 Å². The van der Waals surface area contributed by atoms with Gasteiger partial charge in [0.05, 0.1) is 5.57 Å². The summed E-state index contributed by atoms with van der Waals surface area (Å²) in [6.45, 7) is 6.72. The molecular weight excluding hydrogens is 362 g/mol. The third-order valence-electron chi connectivity index (χ3n) is 5.25. The third kappa shape index (κ3) is 3.78. The first-order chi connectivity index (χ1) is 14.0. The van der Waals surface area contributed by atoms with Gasteiger partial charge in [-0.2, -0.15) is 10.1 Å². The Balaban J connectivity index is 1.67. The van der Waals surface area contributed by atoms with E-state index in [1.807, 2.05) is 37.3 Å². The number of fused-ring (bicyclic) bond motifs is 1. The molecule has 2 heterocycles. The second kappa shape index (κ2) is 7.91. The van der Waals surface area contributed by atoms with Gasteiger partial charge in [-0.3, -0.25) is 4.79 Å². The number of amides is 1. The second-order valence-corrected chi connectivity index (χ2v) is 7.58. The lowest BCUT2D eigenvalue weighted by Crippen LogP contribution is -2.34. The lowest BCUT2D eigenvalue weighted by Gasteiger charge is -2.29. The van der Waals surface area contributed by atoms with Crippen molar-refractivity contribution < 1.29 is 4.79 Å². The van der Waals surface area contributed by atoms with Crippen LogP contribution in [0.5, 0.6) is 0 Å². The molecule has 29 heavy (non-hydrogen) atoms. The molecule has 2 N–H and O–H groups in total. The molecule has 0 bridgehead atoms. The maximum Gasteiger partial charge on any atom is 0.251 e. The fourth-order valence-electron chi connectivity index (χ4n) is 3.63. The zero-order valence-corrected chi connectivity index (χ0v) is 16.9. The number of benzene rings is 2. The van der Waals surface area contributed by atoms with Crippen molar-refractivity contribution in [1.29, 1.82) is 0 Å². The summed E-state index contributed by atoms with van der Waals surface area (Å²) >= 11 is 0. The van der Waals surface area contributed by atoms with E-state index < -0.39 is 0 Å².